The number of benzene rings is 1. The van der Waals surface area contributed by atoms with Crippen LogP contribution in [-0.2, 0) is 28.8 Å². The SMILES string of the molecule is CCC[C@H](NC(=O)[C@@H]1C[C@]2(CC(c3cccc(Cl)c3)=NO2)CN1C(=O)[C@@H](NC(=O)C1C2CCCCC21)C(C)(C)C)C(=O)C(=O)CC1CC1. The Balaban J connectivity index is 1.24. The van der Waals surface area contributed by atoms with Gasteiger partial charge in [0.05, 0.1) is 18.3 Å². The molecule has 0 bridgehead atoms. The summed E-state index contributed by atoms with van der Waals surface area (Å²) in [6.07, 6.45) is 7.82. The number of hydrogen-bond acceptors (Lipinski definition) is 7. The molecule has 1 aromatic carbocycles. The molecule has 1 saturated heterocycles. The Morgan fingerprint density at radius 2 is 1.75 bits per heavy atom. The molecule has 2 heterocycles. The molecule has 48 heavy (non-hydrogen) atoms. The van der Waals surface area contributed by atoms with Crippen LogP contribution in [-0.4, -0.2) is 70.2 Å². The highest BCUT2D eigenvalue weighted by molar-refractivity contribution is 6.39. The molecule has 5 aliphatic rings. The number of likely N-dealkylation sites (tertiary alicyclic amines) is 1. The molecule has 6 rings (SSSR count). The molecule has 0 aromatic heterocycles. The highest BCUT2D eigenvalue weighted by Crippen LogP contribution is 2.55. The van der Waals surface area contributed by atoms with Crippen molar-refractivity contribution < 1.29 is 28.8 Å². The third kappa shape index (κ3) is 7.33. The molecule has 11 heteroatoms. The van der Waals surface area contributed by atoms with Gasteiger partial charge in [-0.05, 0) is 67.4 Å². The van der Waals surface area contributed by atoms with Crippen molar-refractivity contribution in [3.05, 3.63) is 34.9 Å². The van der Waals surface area contributed by atoms with Gasteiger partial charge in [-0.2, -0.15) is 0 Å². The maximum Gasteiger partial charge on any atom is 0.246 e. The van der Waals surface area contributed by atoms with Gasteiger partial charge in [0.15, 0.2) is 5.60 Å². The summed E-state index contributed by atoms with van der Waals surface area (Å²) in [5.74, 6) is -1.09. The number of halogens is 1. The predicted octanol–water partition coefficient (Wildman–Crippen LogP) is 4.99. The van der Waals surface area contributed by atoms with Gasteiger partial charge in [-0.3, -0.25) is 24.0 Å². The smallest absolute Gasteiger partial charge is 0.246 e. The van der Waals surface area contributed by atoms with Crippen molar-refractivity contribution >= 4 is 46.6 Å². The highest BCUT2D eigenvalue weighted by Gasteiger charge is 2.58. The number of carbonyl (C=O) groups is 5. The van der Waals surface area contributed by atoms with Gasteiger partial charge in [0.2, 0.25) is 29.3 Å². The molecule has 2 N–H and O–H groups in total. The van der Waals surface area contributed by atoms with E-state index in [2.05, 4.69) is 15.8 Å². The number of ketones is 2. The quantitative estimate of drug-likeness (QED) is 0.299. The number of fused-ring (bicyclic) bond motifs is 1. The Labute approximate surface area is 288 Å². The molecule has 4 fully saturated rings. The van der Waals surface area contributed by atoms with Gasteiger partial charge in [0.1, 0.15) is 12.1 Å². The first kappa shape index (κ1) is 34.6. The monoisotopic (exact) mass is 680 g/mol. The lowest BCUT2D eigenvalue weighted by Crippen LogP contribution is -2.59. The minimum absolute atomic E-state index is 0.0710. The number of nitrogens with zero attached hydrogens (tertiary/aromatic N) is 2. The molecule has 6 atom stereocenters. The minimum Gasteiger partial charge on any atom is -0.387 e. The average molecular weight is 681 g/mol. The summed E-state index contributed by atoms with van der Waals surface area (Å²) in [5.41, 5.74) is -0.191. The van der Waals surface area contributed by atoms with Crippen LogP contribution in [0.5, 0.6) is 0 Å². The van der Waals surface area contributed by atoms with Crippen LogP contribution in [0.15, 0.2) is 29.4 Å². The van der Waals surface area contributed by atoms with E-state index in [1.165, 1.54) is 4.90 Å². The van der Waals surface area contributed by atoms with E-state index >= 15 is 0 Å². The van der Waals surface area contributed by atoms with E-state index in [9.17, 15) is 24.0 Å². The third-order valence-corrected chi connectivity index (χ3v) is 11.2. The number of Topliss-reactive ketones (excluding diaryl/α,β-unsaturated/α-hetero) is 2. The Morgan fingerprint density at radius 3 is 2.38 bits per heavy atom. The summed E-state index contributed by atoms with van der Waals surface area (Å²) in [5, 5.41) is 10.9. The largest absolute Gasteiger partial charge is 0.387 e. The van der Waals surface area contributed by atoms with Crippen LogP contribution in [0.2, 0.25) is 5.02 Å². The van der Waals surface area contributed by atoms with Crippen LogP contribution in [0.25, 0.3) is 0 Å². The van der Waals surface area contributed by atoms with Crippen molar-refractivity contribution in [1.29, 1.82) is 0 Å². The molecule has 2 aliphatic heterocycles. The van der Waals surface area contributed by atoms with Crippen LogP contribution < -0.4 is 10.6 Å². The lowest BCUT2D eigenvalue weighted by molar-refractivity contribution is -0.145. The van der Waals surface area contributed by atoms with Gasteiger partial charge >= 0.3 is 0 Å². The fourth-order valence-electron chi connectivity index (χ4n) is 8.09. The van der Waals surface area contributed by atoms with Crippen molar-refractivity contribution in [1.82, 2.24) is 15.5 Å². The first-order chi connectivity index (χ1) is 22.8. The normalized spacial score (nSPS) is 28.9. The highest BCUT2D eigenvalue weighted by atomic mass is 35.5. The predicted molar refractivity (Wildman–Crippen MR) is 181 cm³/mol. The Hall–Kier alpha value is -3.27. The van der Waals surface area contributed by atoms with Crippen LogP contribution in [0.1, 0.15) is 104 Å². The second kappa shape index (κ2) is 13.6. The molecule has 3 amide bonds. The average Bonchev–Trinajstić information content (AvgIpc) is 3.93. The second-order valence-electron chi connectivity index (χ2n) is 15.9. The van der Waals surface area contributed by atoms with Gasteiger partial charge in [0.25, 0.3) is 0 Å². The van der Waals surface area contributed by atoms with E-state index in [1.54, 1.807) is 12.1 Å². The van der Waals surface area contributed by atoms with E-state index in [4.69, 9.17) is 16.4 Å². The Bertz CT molecular complexity index is 1490. The van der Waals surface area contributed by atoms with E-state index in [-0.39, 0.29) is 43.0 Å². The first-order valence-corrected chi connectivity index (χ1v) is 18.2. The van der Waals surface area contributed by atoms with Crippen LogP contribution >= 0.6 is 11.6 Å². The van der Waals surface area contributed by atoms with Gasteiger partial charge in [0, 0.05) is 35.8 Å². The van der Waals surface area contributed by atoms with Crippen molar-refractivity contribution in [2.45, 2.75) is 122 Å². The van der Waals surface area contributed by atoms with Crippen molar-refractivity contribution in [2.75, 3.05) is 6.54 Å². The van der Waals surface area contributed by atoms with Gasteiger partial charge in [-0.25, -0.2) is 0 Å². The van der Waals surface area contributed by atoms with E-state index < -0.39 is 46.6 Å². The zero-order valence-electron chi connectivity index (χ0n) is 28.6. The zero-order chi connectivity index (χ0) is 34.4. The van der Waals surface area contributed by atoms with Crippen molar-refractivity contribution in [3.63, 3.8) is 0 Å². The summed E-state index contributed by atoms with van der Waals surface area (Å²) in [7, 11) is 0. The number of hydrogen-bond donors (Lipinski definition) is 2. The Morgan fingerprint density at radius 1 is 1.04 bits per heavy atom. The number of amides is 3. The summed E-state index contributed by atoms with van der Waals surface area (Å²) < 4.78 is 0. The fourth-order valence-corrected chi connectivity index (χ4v) is 8.28. The maximum atomic E-state index is 14.6. The van der Waals surface area contributed by atoms with Crippen molar-refractivity contribution in [3.8, 4) is 0 Å². The molecular formula is C37H49ClN4O6. The summed E-state index contributed by atoms with van der Waals surface area (Å²) in [4.78, 5) is 76.0. The van der Waals surface area contributed by atoms with Gasteiger partial charge in [-0.1, -0.05) is 75.8 Å². The maximum absolute atomic E-state index is 14.6. The minimum atomic E-state index is -0.998. The number of rotatable bonds is 12. The van der Waals surface area contributed by atoms with Gasteiger partial charge in [-0.15, -0.1) is 0 Å². The Kier molecular flexibility index (Phi) is 9.77. The van der Waals surface area contributed by atoms with E-state index in [1.807, 2.05) is 39.8 Å². The lowest BCUT2D eigenvalue weighted by Gasteiger charge is -2.35. The van der Waals surface area contributed by atoms with Crippen LogP contribution in [0.3, 0.4) is 0 Å². The van der Waals surface area contributed by atoms with E-state index in [0.717, 1.165) is 44.1 Å². The second-order valence-corrected chi connectivity index (χ2v) is 16.4. The topological polar surface area (TPSA) is 134 Å². The summed E-state index contributed by atoms with van der Waals surface area (Å²) in [6.45, 7) is 7.69. The summed E-state index contributed by atoms with van der Waals surface area (Å²) in [6, 6.07) is 4.42. The van der Waals surface area contributed by atoms with Crippen LogP contribution in [0, 0.1) is 29.1 Å². The molecule has 3 saturated carbocycles. The molecular weight excluding hydrogens is 632 g/mol. The number of nitrogens with one attached hydrogen (secondary N) is 2. The van der Waals surface area contributed by atoms with Crippen molar-refractivity contribution in [2.24, 2.45) is 34.2 Å². The number of carbonyl (C=O) groups excluding carboxylic acids is 5. The molecule has 3 aliphatic carbocycles. The molecule has 260 valence electrons. The molecule has 0 radical (unpaired) electrons. The number of oxime groups is 1. The standard InChI is InChI=1S/C37H49ClN4O6/c1-5-9-26(31(44)29(43)16-21-14-15-21)39-33(45)28-19-37(18-27(41-48-37)22-10-8-11-23(38)17-22)20-42(28)35(47)32(36(2,3)4)40-34(46)30-24-12-6-7-13-25(24)30/h8,10-11,17,21,24-26,28,30,32H,5-7,9,12-16,18-20H2,1-4H3,(H,39,45)(H,40,46)/t24?,25?,26-,28-,30?,32+,37+/m0/s1. The molecule has 1 spiro atoms. The van der Waals surface area contributed by atoms with E-state index in [0.29, 0.717) is 41.8 Å². The zero-order valence-corrected chi connectivity index (χ0v) is 29.3. The van der Waals surface area contributed by atoms with Crippen LogP contribution in [0.4, 0.5) is 0 Å². The van der Waals surface area contributed by atoms with Gasteiger partial charge < -0.3 is 20.4 Å². The lowest BCUT2D eigenvalue weighted by atomic mass is 9.85. The first-order valence-electron chi connectivity index (χ1n) is 17.8. The molecule has 1 aromatic rings. The fraction of sp³-hybridized carbons (Fsp3) is 0.676. The summed E-state index contributed by atoms with van der Waals surface area (Å²) >= 11 is 6.25. The molecule has 10 nitrogen and oxygen atoms in total. The third-order valence-electron chi connectivity index (χ3n) is 11.0. The molecule has 2 unspecified atom stereocenters.